The second-order valence-electron chi connectivity index (χ2n) is 6.49. The van der Waals surface area contributed by atoms with Crippen molar-refractivity contribution in [1.29, 1.82) is 0 Å². The molecule has 0 N–H and O–H groups in total. The normalized spacial score (nSPS) is 14.8. The smallest absolute Gasteiger partial charge is 0.263 e. The number of rotatable bonds is 4. The molecule has 0 atom stereocenters. The first-order valence-electron chi connectivity index (χ1n) is 8.86. The summed E-state index contributed by atoms with van der Waals surface area (Å²) in [5.74, 6) is 0.778. The number of carbonyl (C=O) groups is 2. The zero-order valence-electron chi connectivity index (χ0n) is 15.2. The summed E-state index contributed by atoms with van der Waals surface area (Å²) in [6.45, 7) is 6.50. The number of ether oxygens (including phenoxy) is 1. The fourth-order valence-electron chi connectivity index (χ4n) is 3.04. The molecule has 1 aromatic heterocycles. The van der Waals surface area contributed by atoms with Gasteiger partial charge in [0.15, 0.2) is 6.61 Å². The molecule has 2 heterocycles. The maximum atomic E-state index is 12.5. The monoisotopic (exact) mass is 372 g/mol. The third-order valence-electron chi connectivity index (χ3n) is 4.77. The van der Waals surface area contributed by atoms with E-state index in [1.807, 2.05) is 54.5 Å². The molecule has 1 saturated heterocycles. The number of nitrogens with zero attached hydrogens (tertiary/aromatic N) is 2. The van der Waals surface area contributed by atoms with Gasteiger partial charge < -0.3 is 14.5 Å². The van der Waals surface area contributed by atoms with E-state index in [1.54, 1.807) is 4.90 Å². The summed E-state index contributed by atoms with van der Waals surface area (Å²) >= 11 is 1.46. The largest absolute Gasteiger partial charge is 0.483 e. The molecular formula is C20H24N2O3S. The molecule has 1 aliphatic rings. The molecule has 6 heteroatoms. The number of amides is 2. The molecule has 1 fully saturated rings. The molecule has 0 bridgehead atoms. The lowest BCUT2D eigenvalue weighted by Gasteiger charge is -2.22. The van der Waals surface area contributed by atoms with Gasteiger partial charge in [0.1, 0.15) is 5.75 Å². The predicted molar refractivity (Wildman–Crippen MR) is 103 cm³/mol. The summed E-state index contributed by atoms with van der Waals surface area (Å²) < 4.78 is 5.74. The van der Waals surface area contributed by atoms with E-state index in [4.69, 9.17) is 4.74 Å². The number of hydrogen-bond acceptors (Lipinski definition) is 4. The van der Waals surface area contributed by atoms with Crippen LogP contribution in [0.3, 0.4) is 0 Å². The van der Waals surface area contributed by atoms with Crippen molar-refractivity contribution in [3.8, 4) is 5.75 Å². The van der Waals surface area contributed by atoms with E-state index < -0.39 is 0 Å². The van der Waals surface area contributed by atoms with Crippen molar-refractivity contribution in [2.24, 2.45) is 0 Å². The van der Waals surface area contributed by atoms with Crippen LogP contribution >= 0.6 is 11.3 Å². The summed E-state index contributed by atoms with van der Waals surface area (Å²) in [7, 11) is 0. The van der Waals surface area contributed by atoms with Gasteiger partial charge in [-0.2, -0.15) is 0 Å². The molecule has 2 aromatic rings. The Morgan fingerprint density at radius 3 is 2.58 bits per heavy atom. The Morgan fingerprint density at radius 1 is 1.04 bits per heavy atom. The number of aryl methyl sites for hydroxylation is 1. The van der Waals surface area contributed by atoms with E-state index in [9.17, 15) is 9.59 Å². The molecule has 1 aromatic carbocycles. The van der Waals surface area contributed by atoms with Crippen molar-refractivity contribution in [1.82, 2.24) is 9.80 Å². The second-order valence-corrected chi connectivity index (χ2v) is 7.44. The first-order valence-corrected chi connectivity index (χ1v) is 9.74. The third kappa shape index (κ3) is 4.25. The van der Waals surface area contributed by atoms with Gasteiger partial charge in [0.05, 0.1) is 4.88 Å². The van der Waals surface area contributed by atoms with Gasteiger partial charge in [0, 0.05) is 26.2 Å². The Kier molecular flexibility index (Phi) is 5.93. The van der Waals surface area contributed by atoms with E-state index in [0.717, 1.165) is 28.2 Å². The van der Waals surface area contributed by atoms with Crippen LogP contribution < -0.4 is 4.74 Å². The van der Waals surface area contributed by atoms with Crippen LogP contribution in [0, 0.1) is 13.8 Å². The third-order valence-corrected chi connectivity index (χ3v) is 5.63. The Balaban J connectivity index is 1.54. The number of carbonyl (C=O) groups excluding carboxylic acids is 2. The highest BCUT2D eigenvalue weighted by Crippen LogP contribution is 2.20. The average molecular weight is 372 g/mol. The maximum absolute atomic E-state index is 12.5. The maximum Gasteiger partial charge on any atom is 0.263 e. The minimum Gasteiger partial charge on any atom is -0.483 e. The van der Waals surface area contributed by atoms with Crippen molar-refractivity contribution < 1.29 is 14.3 Å². The number of hydrogen-bond donors (Lipinski definition) is 0. The molecule has 26 heavy (non-hydrogen) atoms. The van der Waals surface area contributed by atoms with E-state index in [-0.39, 0.29) is 18.4 Å². The van der Waals surface area contributed by atoms with Crippen LogP contribution in [-0.2, 0) is 4.79 Å². The lowest BCUT2D eigenvalue weighted by Crippen LogP contribution is -2.39. The fraction of sp³-hybridized carbons (Fsp3) is 0.400. The van der Waals surface area contributed by atoms with Crippen molar-refractivity contribution in [2.45, 2.75) is 20.3 Å². The second kappa shape index (κ2) is 8.36. The van der Waals surface area contributed by atoms with Gasteiger partial charge in [-0.15, -0.1) is 11.3 Å². The van der Waals surface area contributed by atoms with E-state index in [2.05, 4.69) is 0 Å². The summed E-state index contributed by atoms with van der Waals surface area (Å²) in [6.07, 6.45) is 0.784. The van der Waals surface area contributed by atoms with E-state index in [0.29, 0.717) is 26.2 Å². The number of thiophene rings is 1. The average Bonchev–Trinajstić information content (AvgIpc) is 3.06. The topological polar surface area (TPSA) is 49.9 Å². The van der Waals surface area contributed by atoms with Crippen LogP contribution in [0.4, 0.5) is 0 Å². The predicted octanol–water partition coefficient (Wildman–Crippen LogP) is 3.12. The molecule has 0 saturated carbocycles. The number of benzene rings is 1. The first-order chi connectivity index (χ1) is 12.6. The summed E-state index contributed by atoms with van der Waals surface area (Å²) in [5.41, 5.74) is 2.20. The van der Waals surface area contributed by atoms with Gasteiger partial charge in [-0.25, -0.2) is 0 Å². The molecule has 5 nitrogen and oxygen atoms in total. The highest BCUT2D eigenvalue weighted by molar-refractivity contribution is 7.12. The minimum atomic E-state index is -0.0312. The van der Waals surface area contributed by atoms with Gasteiger partial charge in [-0.3, -0.25) is 9.59 Å². The lowest BCUT2D eigenvalue weighted by atomic mass is 10.1. The highest BCUT2D eigenvalue weighted by atomic mass is 32.1. The summed E-state index contributed by atoms with van der Waals surface area (Å²) in [4.78, 5) is 29.4. The Hall–Kier alpha value is -2.34. The van der Waals surface area contributed by atoms with Gasteiger partial charge >= 0.3 is 0 Å². The van der Waals surface area contributed by atoms with Crippen LogP contribution in [0.25, 0.3) is 0 Å². The molecule has 3 rings (SSSR count). The van der Waals surface area contributed by atoms with Crippen LogP contribution in [0.15, 0.2) is 35.7 Å². The van der Waals surface area contributed by atoms with Gasteiger partial charge in [0.2, 0.25) is 0 Å². The summed E-state index contributed by atoms with van der Waals surface area (Å²) in [5, 5.41) is 1.91. The Bertz CT molecular complexity index is 773. The molecular weight excluding hydrogens is 348 g/mol. The van der Waals surface area contributed by atoms with Crippen molar-refractivity contribution in [3.05, 3.63) is 51.7 Å². The molecule has 2 amide bonds. The molecule has 1 aliphatic heterocycles. The SMILES string of the molecule is Cc1cccc(OCC(=O)N2CCCN(C(=O)c3cccs3)CC2)c1C. The van der Waals surface area contributed by atoms with Crippen LogP contribution in [0.2, 0.25) is 0 Å². The van der Waals surface area contributed by atoms with Crippen molar-refractivity contribution in [3.63, 3.8) is 0 Å². The van der Waals surface area contributed by atoms with Gasteiger partial charge in [-0.1, -0.05) is 18.2 Å². The molecule has 0 aliphatic carbocycles. The lowest BCUT2D eigenvalue weighted by molar-refractivity contribution is -0.133. The molecule has 0 unspecified atom stereocenters. The Morgan fingerprint density at radius 2 is 1.81 bits per heavy atom. The van der Waals surface area contributed by atoms with E-state index in [1.165, 1.54) is 11.3 Å². The van der Waals surface area contributed by atoms with Crippen LogP contribution in [0.1, 0.15) is 27.2 Å². The first kappa shape index (κ1) is 18.5. The fourth-order valence-corrected chi connectivity index (χ4v) is 3.73. The van der Waals surface area contributed by atoms with Crippen LogP contribution in [-0.4, -0.2) is 54.4 Å². The van der Waals surface area contributed by atoms with Crippen LogP contribution in [0.5, 0.6) is 5.75 Å². The Labute approximate surface area is 158 Å². The highest BCUT2D eigenvalue weighted by Gasteiger charge is 2.23. The van der Waals surface area contributed by atoms with Gasteiger partial charge in [0.25, 0.3) is 11.8 Å². The summed E-state index contributed by atoms with van der Waals surface area (Å²) in [6, 6.07) is 9.58. The quantitative estimate of drug-likeness (QED) is 0.829. The zero-order valence-corrected chi connectivity index (χ0v) is 16.1. The minimum absolute atomic E-state index is 0.0309. The van der Waals surface area contributed by atoms with Crippen molar-refractivity contribution >= 4 is 23.2 Å². The van der Waals surface area contributed by atoms with Gasteiger partial charge in [-0.05, 0) is 48.9 Å². The molecule has 138 valence electrons. The molecule has 0 radical (unpaired) electrons. The standard InChI is InChI=1S/C20H24N2O3S/c1-15-6-3-7-17(16(15)2)25-14-19(23)21-9-5-10-22(12-11-21)20(24)18-8-4-13-26-18/h3-4,6-8,13H,5,9-12,14H2,1-2H3. The van der Waals surface area contributed by atoms with Crippen molar-refractivity contribution in [2.75, 3.05) is 32.8 Å². The molecule has 0 spiro atoms. The zero-order chi connectivity index (χ0) is 18.5. The van der Waals surface area contributed by atoms with E-state index >= 15 is 0 Å².